The van der Waals surface area contributed by atoms with Gasteiger partial charge >= 0.3 is 0 Å². The van der Waals surface area contributed by atoms with Gasteiger partial charge in [0.1, 0.15) is 5.82 Å². The number of Topliss-reactive ketones (excluding diaryl/α,β-unsaturated/α-hetero) is 1. The predicted molar refractivity (Wildman–Crippen MR) is 51.8 cm³/mol. The topological polar surface area (TPSA) is 37.4 Å². The highest BCUT2D eigenvalue weighted by molar-refractivity contribution is 9.10. The summed E-state index contributed by atoms with van der Waals surface area (Å²) in [6.45, 7) is 0. The number of amides is 1. The van der Waals surface area contributed by atoms with Gasteiger partial charge in [0.2, 0.25) is 0 Å². The molecule has 0 spiro atoms. The SMILES string of the molecule is CN1C(=O)C(=O)c2cc(F)cc(Br)c21. The molecule has 2 rings (SSSR count). The molecule has 0 aromatic heterocycles. The van der Waals surface area contributed by atoms with Crippen molar-refractivity contribution in [2.75, 3.05) is 11.9 Å². The van der Waals surface area contributed by atoms with Crippen molar-refractivity contribution in [1.29, 1.82) is 0 Å². The Hall–Kier alpha value is -1.23. The van der Waals surface area contributed by atoms with E-state index in [1.54, 1.807) is 0 Å². The lowest BCUT2D eigenvalue weighted by molar-refractivity contribution is -0.114. The zero-order chi connectivity index (χ0) is 10.5. The minimum atomic E-state index is -0.664. The molecule has 0 bridgehead atoms. The molecule has 72 valence electrons. The second-order valence-corrected chi connectivity index (χ2v) is 3.83. The number of carbonyl (C=O) groups is 2. The molecule has 1 aromatic carbocycles. The Morgan fingerprint density at radius 2 is 2.00 bits per heavy atom. The van der Waals surface area contributed by atoms with Gasteiger partial charge in [0, 0.05) is 11.5 Å². The molecule has 0 radical (unpaired) electrons. The quantitative estimate of drug-likeness (QED) is 0.665. The van der Waals surface area contributed by atoms with Gasteiger partial charge in [-0.3, -0.25) is 9.59 Å². The highest BCUT2D eigenvalue weighted by atomic mass is 79.9. The molecule has 0 N–H and O–H groups in total. The molecule has 1 heterocycles. The lowest BCUT2D eigenvalue weighted by atomic mass is 10.1. The highest BCUT2D eigenvalue weighted by Crippen LogP contribution is 2.35. The smallest absolute Gasteiger partial charge is 0.299 e. The number of rotatable bonds is 0. The number of anilines is 1. The minimum Gasteiger partial charge on any atom is -0.307 e. The van der Waals surface area contributed by atoms with E-state index in [9.17, 15) is 14.0 Å². The zero-order valence-corrected chi connectivity index (χ0v) is 8.76. The van der Waals surface area contributed by atoms with E-state index in [-0.39, 0.29) is 5.56 Å². The van der Waals surface area contributed by atoms with Crippen molar-refractivity contribution in [3.8, 4) is 0 Å². The summed E-state index contributed by atoms with van der Waals surface area (Å²) in [4.78, 5) is 23.8. The first kappa shape index (κ1) is 9.33. The zero-order valence-electron chi connectivity index (χ0n) is 7.17. The average molecular weight is 258 g/mol. The number of ketones is 1. The van der Waals surface area contributed by atoms with Crippen LogP contribution in [0.4, 0.5) is 10.1 Å². The van der Waals surface area contributed by atoms with Crippen LogP contribution in [-0.2, 0) is 4.79 Å². The fourth-order valence-electron chi connectivity index (χ4n) is 1.45. The molecule has 0 unspecified atom stereocenters. The van der Waals surface area contributed by atoms with E-state index in [0.717, 1.165) is 6.07 Å². The second kappa shape index (κ2) is 2.88. The van der Waals surface area contributed by atoms with Crippen molar-refractivity contribution >= 4 is 33.3 Å². The lowest BCUT2D eigenvalue weighted by Gasteiger charge is -2.10. The van der Waals surface area contributed by atoms with E-state index in [0.29, 0.717) is 10.2 Å². The summed E-state index contributed by atoms with van der Waals surface area (Å²) in [6, 6.07) is 2.30. The Morgan fingerprint density at radius 3 is 2.64 bits per heavy atom. The molecule has 0 aliphatic carbocycles. The maximum atomic E-state index is 12.9. The molecule has 14 heavy (non-hydrogen) atoms. The Kier molecular flexibility index (Phi) is 1.92. The van der Waals surface area contributed by atoms with Gasteiger partial charge in [-0.1, -0.05) is 0 Å². The molecule has 0 saturated heterocycles. The standard InChI is InChI=1S/C9H5BrFNO2/c1-12-7-5(8(13)9(12)14)2-4(11)3-6(7)10/h2-3H,1H3. The number of hydrogen-bond acceptors (Lipinski definition) is 2. The molecule has 5 heteroatoms. The number of likely N-dealkylation sites (N-methyl/N-ethyl adjacent to an activating group) is 1. The third kappa shape index (κ3) is 1.09. The van der Waals surface area contributed by atoms with Crippen molar-refractivity contribution in [3.63, 3.8) is 0 Å². The van der Waals surface area contributed by atoms with Gasteiger partial charge in [-0.2, -0.15) is 0 Å². The number of carbonyl (C=O) groups excluding carboxylic acids is 2. The van der Waals surface area contributed by atoms with Gasteiger partial charge in [0.15, 0.2) is 0 Å². The maximum Gasteiger partial charge on any atom is 0.299 e. The third-order valence-corrected chi connectivity index (χ3v) is 2.71. The number of hydrogen-bond donors (Lipinski definition) is 0. The second-order valence-electron chi connectivity index (χ2n) is 2.98. The Labute approximate surface area is 87.6 Å². The van der Waals surface area contributed by atoms with Crippen LogP contribution in [0.1, 0.15) is 10.4 Å². The van der Waals surface area contributed by atoms with Crippen molar-refractivity contribution in [2.45, 2.75) is 0 Å². The van der Waals surface area contributed by atoms with E-state index in [1.807, 2.05) is 0 Å². The number of fused-ring (bicyclic) bond motifs is 1. The van der Waals surface area contributed by atoms with Crippen LogP contribution in [-0.4, -0.2) is 18.7 Å². The van der Waals surface area contributed by atoms with Crippen LogP contribution in [0.15, 0.2) is 16.6 Å². The van der Waals surface area contributed by atoms with Crippen molar-refractivity contribution in [2.24, 2.45) is 0 Å². The molecule has 3 nitrogen and oxygen atoms in total. The fourth-order valence-corrected chi connectivity index (χ4v) is 2.15. The molecular weight excluding hydrogens is 253 g/mol. The van der Waals surface area contributed by atoms with Gasteiger partial charge in [0.25, 0.3) is 11.7 Å². The van der Waals surface area contributed by atoms with E-state index in [2.05, 4.69) is 15.9 Å². The van der Waals surface area contributed by atoms with Crippen LogP contribution in [0.2, 0.25) is 0 Å². The van der Waals surface area contributed by atoms with E-state index >= 15 is 0 Å². The normalized spacial score (nSPS) is 14.9. The molecule has 1 aliphatic rings. The van der Waals surface area contributed by atoms with Crippen LogP contribution in [0.3, 0.4) is 0 Å². The Balaban J connectivity index is 2.75. The first-order chi connectivity index (χ1) is 6.52. The van der Waals surface area contributed by atoms with Crippen LogP contribution < -0.4 is 4.90 Å². The van der Waals surface area contributed by atoms with Crippen molar-refractivity contribution in [3.05, 3.63) is 28.0 Å². The maximum absolute atomic E-state index is 12.9. The molecule has 0 saturated carbocycles. The fraction of sp³-hybridized carbons (Fsp3) is 0.111. The van der Waals surface area contributed by atoms with Crippen molar-refractivity contribution < 1.29 is 14.0 Å². The summed E-state index contributed by atoms with van der Waals surface area (Å²) in [7, 11) is 1.48. The molecule has 1 aliphatic heterocycles. The van der Waals surface area contributed by atoms with Crippen LogP contribution in [0, 0.1) is 5.82 Å². The van der Waals surface area contributed by atoms with Crippen molar-refractivity contribution in [1.82, 2.24) is 0 Å². The summed E-state index contributed by atoms with van der Waals surface area (Å²) in [5.74, 6) is -1.83. The van der Waals surface area contributed by atoms with E-state index in [1.165, 1.54) is 18.0 Å². The minimum absolute atomic E-state index is 0.115. The summed E-state index contributed by atoms with van der Waals surface area (Å²) < 4.78 is 13.3. The first-order valence-electron chi connectivity index (χ1n) is 3.84. The number of halogens is 2. The Morgan fingerprint density at radius 1 is 1.36 bits per heavy atom. The van der Waals surface area contributed by atoms with Crippen LogP contribution in [0.25, 0.3) is 0 Å². The number of nitrogens with zero attached hydrogens (tertiary/aromatic N) is 1. The van der Waals surface area contributed by atoms with Crippen LogP contribution >= 0.6 is 15.9 Å². The van der Waals surface area contributed by atoms with Gasteiger partial charge < -0.3 is 4.90 Å². The summed E-state index contributed by atoms with van der Waals surface area (Å²) in [5, 5.41) is 0. The predicted octanol–water partition coefficient (Wildman–Crippen LogP) is 1.75. The molecule has 1 aromatic rings. The highest BCUT2D eigenvalue weighted by Gasteiger charge is 2.35. The summed E-state index contributed by atoms with van der Waals surface area (Å²) in [6.07, 6.45) is 0. The monoisotopic (exact) mass is 257 g/mol. The summed E-state index contributed by atoms with van der Waals surface area (Å²) in [5.41, 5.74) is 0.547. The molecular formula is C9H5BrFNO2. The largest absolute Gasteiger partial charge is 0.307 e. The molecule has 1 amide bonds. The van der Waals surface area contributed by atoms with Gasteiger partial charge in [-0.05, 0) is 28.1 Å². The van der Waals surface area contributed by atoms with Gasteiger partial charge in [0.05, 0.1) is 11.3 Å². The average Bonchev–Trinajstić information content (AvgIpc) is 2.31. The molecule has 0 fully saturated rings. The van der Waals surface area contributed by atoms with Crippen LogP contribution in [0.5, 0.6) is 0 Å². The summed E-state index contributed by atoms with van der Waals surface area (Å²) >= 11 is 3.11. The van der Waals surface area contributed by atoms with Gasteiger partial charge in [-0.25, -0.2) is 4.39 Å². The molecule has 0 atom stereocenters. The van der Waals surface area contributed by atoms with Gasteiger partial charge in [-0.15, -0.1) is 0 Å². The lowest BCUT2D eigenvalue weighted by Crippen LogP contribution is -2.24. The Bertz CT molecular complexity index is 458. The third-order valence-electron chi connectivity index (χ3n) is 2.11. The van der Waals surface area contributed by atoms with E-state index < -0.39 is 17.5 Å². The van der Waals surface area contributed by atoms with E-state index in [4.69, 9.17) is 0 Å². The number of benzene rings is 1. The first-order valence-corrected chi connectivity index (χ1v) is 4.63.